The van der Waals surface area contributed by atoms with Gasteiger partial charge >= 0.3 is 6.03 Å². The average molecular weight is 328 g/mol. The van der Waals surface area contributed by atoms with Gasteiger partial charge in [-0.1, -0.05) is 30.3 Å². The van der Waals surface area contributed by atoms with Crippen LogP contribution in [-0.4, -0.2) is 26.3 Å². The van der Waals surface area contributed by atoms with Gasteiger partial charge in [-0.15, -0.1) is 0 Å². The van der Waals surface area contributed by atoms with Crippen LogP contribution in [0.25, 0.3) is 0 Å². The van der Waals surface area contributed by atoms with E-state index in [9.17, 15) is 4.79 Å². The monoisotopic (exact) mass is 328 g/mol. The summed E-state index contributed by atoms with van der Waals surface area (Å²) in [6.07, 6.45) is 0.749. The lowest BCUT2D eigenvalue weighted by atomic mass is 10.1. The zero-order valence-electron chi connectivity index (χ0n) is 14.1. The Balaban J connectivity index is 1.63. The molecule has 0 aliphatic heterocycles. The van der Waals surface area contributed by atoms with Crippen LogP contribution in [0.1, 0.15) is 24.9 Å². The first-order valence-electron chi connectivity index (χ1n) is 8.05. The molecule has 0 radical (unpaired) electrons. The lowest BCUT2D eigenvalue weighted by Gasteiger charge is -2.15. The Labute approximate surface area is 143 Å². The van der Waals surface area contributed by atoms with Crippen molar-refractivity contribution < 1.29 is 14.3 Å². The first kappa shape index (κ1) is 17.7. The third-order valence-corrected chi connectivity index (χ3v) is 3.58. The highest BCUT2D eigenvalue weighted by molar-refractivity contribution is 5.74. The molecule has 5 heteroatoms. The highest BCUT2D eigenvalue weighted by Crippen LogP contribution is 2.17. The lowest BCUT2D eigenvalue weighted by Crippen LogP contribution is -2.37. The van der Waals surface area contributed by atoms with Gasteiger partial charge in [0.2, 0.25) is 0 Å². The number of benzene rings is 2. The van der Waals surface area contributed by atoms with Crippen LogP contribution in [-0.2, 0) is 0 Å². The topological polar surface area (TPSA) is 59.6 Å². The fourth-order valence-corrected chi connectivity index (χ4v) is 2.20. The summed E-state index contributed by atoms with van der Waals surface area (Å²) in [6.45, 7) is 3.08. The molecule has 1 atom stereocenters. The van der Waals surface area contributed by atoms with Crippen molar-refractivity contribution in [3.05, 3.63) is 60.2 Å². The predicted octanol–water partition coefficient (Wildman–Crippen LogP) is 3.52. The third-order valence-electron chi connectivity index (χ3n) is 3.58. The molecule has 0 aliphatic rings. The summed E-state index contributed by atoms with van der Waals surface area (Å²) in [7, 11) is 1.63. The molecule has 2 amide bonds. The maximum Gasteiger partial charge on any atom is 0.315 e. The number of para-hydroxylation sites is 1. The predicted molar refractivity (Wildman–Crippen MR) is 94.5 cm³/mol. The van der Waals surface area contributed by atoms with Crippen molar-refractivity contribution in [1.29, 1.82) is 0 Å². The van der Waals surface area contributed by atoms with Crippen LogP contribution in [0, 0.1) is 0 Å². The molecule has 0 fully saturated rings. The van der Waals surface area contributed by atoms with E-state index in [1.807, 2.05) is 61.5 Å². The molecule has 128 valence electrons. The number of hydrogen-bond acceptors (Lipinski definition) is 3. The maximum atomic E-state index is 11.9. The standard InChI is InChI=1S/C19H24N2O3/c1-15(16-9-11-17(23-2)12-10-16)21-19(22)20-13-6-14-24-18-7-4-3-5-8-18/h3-5,7-12,15H,6,13-14H2,1-2H3,(H2,20,21,22). The number of carbonyl (C=O) groups excluding carboxylic acids is 1. The van der Waals surface area contributed by atoms with E-state index in [2.05, 4.69) is 10.6 Å². The average Bonchev–Trinajstić information content (AvgIpc) is 2.62. The third kappa shape index (κ3) is 5.83. The van der Waals surface area contributed by atoms with Gasteiger partial charge in [0.05, 0.1) is 19.8 Å². The van der Waals surface area contributed by atoms with Crippen molar-refractivity contribution in [2.24, 2.45) is 0 Å². The Morgan fingerprint density at radius 3 is 2.42 bits per heavy atom. The van der Waals surface area contributed by atoms with E-state index in [0.29, 0.717) is 13.2 Å². The summed E-state index contributed by atoms with van der Waals surface area (Å²) in [5.41, 5.74) is 1.03. The van der Waals surface area contributed by atoms with Gasteiger partial charge in [0.15, 0.2) is 0 Å². The molecule has 2 aromatic carbocycles. The number of carbonyl (C=O) groups is 1. The fraction of sp³-hybridized carbons (Fsp3) is 0.316. The second-order valence-electron chi connectivity index (χ2n) is 5.41. The summed E-state index contributed by atoms with van der Waals surface area (Å²) >= 11 is 0. The number of rotatable bonds is 8. The number of ether oxygens (including phenoxy) is 2. The molecular weight excluding hydrogens is 304 g/mol. The first-order chi connectivity index (χ1) is 11.7. The molecule has 0 heterocycles. The van der Waals surface area contributed by atoms with Gasteiger partial charge in [0, 0.05) is 6.54 Å². The van der Waals surface area contributed by atoms with Gasteiger partial charge in [-0.3, -0.25) is 0 Å². The van der Waals surface area contributed by atoms with Crippen LogP contribution in [0.4, 0.5) is 4.79 Å². The first-order valence-corrected chi connectivity index (χ1v) is 8.05. The highest BCUT2D eigenvalue weighted by atomic mass is 16.5. The van der Waals surface area contributed by atoms with Crippen molar-refractivity contribution in [1.82, 2.24) is 10.6 Å². The largest absolute Gasteiger partial charge is 0.497 e. The van der Waals surface area contributed by atoms with Gasteiger partial charge in [-0.2, -0.15) is 0 Å². The highest BCUT2D eigenvalue weighted by Gasteiger charge is 2.09. The smallest absolute Gasteiger partial charge is 0.315 e. The molecular formula is C19H24N2O3. The molecule has 0 bridgehead atoms. The minimum atomic E-state index is -0.182. The van der Waals surface area contributed by atoms with Crippen molar-refractivity contribution in [3.63, 3.8) is 0 Å². The van der Waals surface area contributed by atoms with Crippen LogP contribution < -0.4 is 20.1 Å². The number of hydrogen-bond donors (Lipinski definition) is 2. The second kappa shape index (κ2) is 9.45. The lowest BCUT2D eigenvalue weighted by molar-refractivity contribution is 0.236. The van der Waals surface area contributed by atoms with Gasteiger partial charge in [0.25, 0.3) is 0 Å². The molecule has 0 saturated carbocycles. The van der Waals surface area contributed by atoms with Crippen LogP contribution in [0.3, 0.4) is 0 Å². The second-order valence-corrected chi connectivity index (χ2v) is 5.41. The van der Waals surface area contributed by atoms with E-state index in [0.717, 1.165) is 23.5 Å². The molecule has 0 aliphatic carbocycles. The van der Waals surface area contributed by atoms with Gasteiger partial charge in [0.1, 0.15) is 11.5 Å². The fourth-order valence-electron chi connectivity index (χ4n) is 2.20. The zero-order valence-corrected chi connectivity index (χ0v) is 14.1. The van der Waals surface area contributed by atoms with E-state index in [-0.39, 0.29) is 12.1 Å². The van der Waals surface area contributed by atoms with Crippen molar-refractivity contribution in [2.75, 3.05) is 20.3 Å². The SMILES string of the molecule is COc1ccc(C(C)NC(=O)NCCCOc2ccccc2)cc1. The van der Waals surface area contributed by atoms with E-state index in [1.165, 1.54) is 0 Å². The molecule has 0 aromatic heterocycles. The molecule has 2 N–H and O–H groups in total. The summed E-state index contributed by atoms with van der Waals surface area (Å²) in [4.78, 5) is 11.9. The Kier molecular flexibility index (Phi) is 6.95. The van der Waals surface area contributed by atoms with Crippen molar-refractivity contribution >= 4 is 6.03 Å². The summed E-state index contributed by atoms with van der Waals surface area (Å²) in [5.74, 6) is 1.64. The molecule has 1 unspecified atom stereocenters. The number of amides is 2. The van der Waals surface area contributed by atoms with Crippen LogP contribution >= 0.6 is 0 Å². The van der Waals surface area contributed by atoms with Crippen LogP contribution in [0.5, 0.6) is 11.5 Å². The van der Waals surface area contributed by atoms with E-state index < -0.39 is 0 Å². The maximum absolute atomic E-state index is 11.9. The quantitative estimate of drug-likeness (QED) is 0.729. The van der Waals surface area contributed by atoms with Gasteiger partial charge in [-0.25, -0.2) is 4.79 Å². The van der Waals surface area contributed by atoms with E-state index in [1.54, 1.807) is 7.11 Å². The Morgan fingerprint density at radius 1 is 1.04 bits per heavy atom. The van der Waals surface area contributed by atoms with Crippen molar-refractivity contribution in [2.45, 2.75) is 19.4 Å². The Morgan fingerprint density at radius 2 is 1.75 bits per heavy atom. The van der Waals surface area contributed by atoms with E-state index in [4.69, 9.17) is 9.47 Å². The summed E-state index contributed by atoms with van der Waals surface area (Å²) < 4.78 is 10.7. The Bertz CT molecular complexity index is 614. The molecule has 0 spiro atoms. The van der Waals surface area contributed by atoms with E-state index >= 15 is 0 Å². The number of urea groups is 1. The summed E-state index contributed by atoms with van der Waals surface area (Å²) in [6, 6.07) is 17.0. The number of methoxy groups -OCH3 is 1. The molecule has 2 rings (SSSR count). The molecule has 5 nitrogen and oxygen atoms in total. The van der Waals surface area contributed by atoms with Crippen molar-refractivity contribution in [3.8, 4) is 11.5 Å². The van der Waals surface area contributed by atoms with Crippen LogP contribution in [0.15, 0.2) is 54.6 Å². The summed E-state index contributed by atoms with van der Waals surface area (Å²) in [5, 5.41) is 5.75. The van der Waals surface area contributed by atoms with Gasteiger partial charge < -0.3 is 20.1 Å². The molecule has 0 saturated heterocycles. The molecule has 2 aromatic rings. The Hall–Kier alpha value is -2.69. The zero-order chi connectivity index (χ0) is 17.2. The minimum absolute atomic E-state index is 0.0727. The minimum Gasteiger partial charge on any atom is -0.497 e. The van der Waals surface area contributed by atoms with Crippen LogP contribution in [0.2, 0.25) is 0 Å². The normalized spacial score (nSPS) is 11.4. The number of nitrogens with one attached hydrogen (secondary N) is 2. The molecule has 24 heavy (non-hydrogen) atoms. The van der Waals surface area contributed by atoms with Gasteiger partial charge in [-0.05, 0) is 43.2 Å².